The van der Waals surface area contributed by atoms with Gasteiger partial charge in [0.15, 0.2) is 0 Å². The van der Waals surface area contributed by atoms with Gasteiger partial charge in [-0.2, -0.15) is 0 Å². The van der Waals surface area contributed by atoms with Crippen molar-refractivity contribution in [2.45, 2.75) is 25.2 Å². The van der Waals surface area contributed by atoms with Gasteiger partial charge in [0.2, 0.25) is 0 Å². The zero-order valence-electron chi connectivity index (χ0n) is 9.53. The lowest BCUT2D eigenvalue weighted by atomic mass is 9.74. The van der Waals surface area contributed by atoms with Gasteiger partial charge < -0.3 is 10.0 Å². The van der Waals surface area contributed by atoms with Crippen molar-refractivity contribution in [1.29, 1.82) is 0 Å². The molecule has 1 fully saturated rings. The van der Waals surface area contributed by atoms with Crippen LogP contribution in [0.25, 0.3) is 0 Å². The number of aromatic hydroxyl groups is 1. The Morgan fingerprint density at radius 1 is 1.20 bits per heavy atom. The molecule has 1 aliphatic heterocycles. The quantitative estimate of drug-likeness (QED) is 0.761. The lowest BCUT2D eigenvalue weighted by molar-refractivity contribution is 0.197. The molecule has 2 heteroatoms. The second-order valence-corrected chi connectivity index (χ2v) is 4.88. The minimum absolute atomic E-state index is 0.151. The number of para-hydroxylation sites is 1. The Labute approximate surface area is 91.5 Å². The summed E-state index contributed by atoms with van der Waals surface area (Å²) in [6.07, 6.45) is 2.25. The number of rotatable bonds is 1. The van der Waals surface area contributed by atoms with Crippen molar-refractivity contribution in [1.82, 2.24) is 4.90 Å². The maximum Gasteiger partial charge on any atom is 0.119 e. The number of piperidine rings is 1. The van der Waals surface area contributed by atoms with E-state index in [-0.39, 0.29) is 5.41 Å². The highest BCUT2D eigenvalue weighted by Crippen LogP contribution is 2.38. The zero-order valence-corrected chi connectivity index (χ0v) is 9.53. The zero-order chi connectivity index (χ0) is 10.9. The van der Waals surface area contributed by atoms with E-state index in [1.54, 1.807) is 6.07 Å². The molecule has 0 aliphatic carbocycles. The van der Waals surface area contributed by atoms with Gasteiger partial charge in [0.25, 0.3) is 0 Å². The number of nitrogens with zero attached hydrogens (tertiary/aromatic N) is 1. The molecule has 1 heterocycles. The van der Waals surface area contributed by atoms with Crippen LogP contribution in [0.3, 0.4) is 0 Å². The van der Waals surface area contributed by atoms with Crippen molar-refractivity contribution < 1.29 is 5.11 Å². The van der Waals surface area contributed by atoms with Crippen molar-refractivity contribution in [3.05, 3.63) is 29.8 Å². The maximum absolute atomic E-state index is 9.88. The van der Waals surface area contributed by atoms with Crippen LogP contribution in [0.1, 0.15) is 25.3 Å². The Bertz CT molecular complexity index is 340. The number of phenols is 1. The van der Waals surface area contributed by atoms with Gasteiger partial charge in [-0.3, -0.25) is 0 Å². The third kappa shape index (κ3) is 2.00. The summed E-state index contributed by atoms with van der Waals surface area (Å²) in [5.41, 5.74) is 1.26. The van der Waals surface area contributed by atoms with Crippen LogP contribution in [0.2, 0.25) is 0 Å². The van der Waals surface area contributed by atoms with Crippen LogP contribution in [-0.4, -0.2) is 30.1 Å². The van der Waals surface area contributed by atoms with Crippen molar-refractivity contribution in [2.24, 2.45) is 0 Å². The summed E-state index contributed by atoms with van der Waals surface area (Å²) in [6.45, 7) is 4.49. The summed E-state index contributed by atoms with van der Waals surface area (Å²) in [5.74, 6) is 0.449. The highest BCUT2D eigenvalue weighted by atomic mass is 16.3. The van der Waals surface area contributed by atoms with Crippen LogP contribution in [0.4, 0.5) is 0 Å². The fourth-order valence-electron chi connectivity index (χ4n) is 2.37. The molecule has 1 saturated heterocycles. The fourth-order valence-corrected chi connectivity index (χ4v) is 2.37. The third-order valence-corrected chi connectivity index (χ3v) is 3.64. The van der Waals surface area contributed by atoms with Crippen LogP contribution in [0, 0.1) is 0 Å². The molecule has 0 saturated carbocycles. The van der Waals surface area contributed by atoms with Crippen molar-refractivity contribution in [3.63, 3.8) is 0 Å². The number of benzene rings is 1. The number of hydrogen-bond donors (Lipinski definition) is 1. The smallest absolute Gasteiger partial charge is 0.119 e. The van der Waals surface area contributed by atoms with E-state index >= 15 is 0 Å². The Balaban J connectivity index is 2.26. The van der Waals surface area contributed by atoms with Gasteiger partial charge >= 0.3 is 0 Å². The molecule has 0 radical (unpaired) electrons. The standard InChI is InChI=1S/C13H19NO/c1-13(7-9-14(2)10-8-13)11-5-3-4-6-12(11)15/h3-6,15H,7-10H2,1-2H3. The van der Waals surface area contributed by atoms with Crippen LogP contribution in [0.5, 0.6) is 5.75 Å². The van der Waals surface area contributed by atoms with Gasteiger partial charge in [0.05, 0.1) is 0 Å². The van der Waals surface area contributed by atoms with Crippen molar-refractivity contribution in [3.8, 4) is 5.75 Å². The number of likely N-dealkylation sites (tertiary alicyclic amines) is 1. The molecule has 15 heavy (non-hydrogen) atoms. The maximum atomic E-state index is 9.88. The lowest BCUT2D eigenvalue weighted by Crippen LogP contribution is -2.38. The number of phenolic OH excluding ortho intramolecular Hbond substituents is 1. The average molecular weight is 205 g/mol. The fraction of sp³-hybridized carbons (Fsp3) is 0.538. The lowest BCUT2D eigenvalue weighted by Gasteiger charge is -2.38. The highest BCUT2D eigenvalue weighted by molar-refractivity contribution is 5.38. The van der Waals surface area contributed by atoms with E-state index in [0.717, 1.165) is 31.5 Å². The van der Waals surface area contributed by atoms with Gasteiger partial charge in [-0.15, -0.1) is 0 Å². The summed E-state index contributed by atoms with van der Waals surface area (Å²) in [6, 6.07) is 7.75. The van der Waals surface area contributed by atoms with E-state index in [1.165, 1.54) is 0 Å². The van der Waals surface area contributed by atoms with Crippen molar-refractivity contribution in [2.75, 3.05) is 20.1 Å². The minimum atomic E-state index is 0.151. The van der Waals surface area contributed by atoms with Gasteiger partial charge in [0.1, 0.15) is 5.75 Å². The normalized spacial score (nSPS) is 21.5. The summed E-state index contributed by atoms with van der Waals surface area (Å²) in [7, 11) is 2.16. The molecule has 0 spiro atoms. The van der Waals surface area contributed by atoms with Crippen LogP contribution < -0.4 is 0 Å². The first-order chi connectivity index (χ1) is 7.12. The molecule has 1 N–H and O–H groups in total. The minimum Gasteiger partial charge on any atom is -0.508 e. The Morgan fingerprint density at radius 3 is 2.40 bits per heavy atom. The molecule has 0 bridgehead atoms. The molecule has 1 aliphatic rings. The Morgan fingerprint density at radius 2 is 1.80 bits per heavy atom. The summed E-state index contributed by atoms with van der Waals surface area (Å²) in [4.78, 5) is 2.35. The topological polar surface area (TPSA) is 23.5 Å². The first kappa shape index (κ1) is 10.5. The highest BCUT2D eigenvalue weighted by Gasteiger charge is 2.32. The van der Waals surface area contributed by atoms with E-state index in [4.69, 9.17) is 0 Å². The first-order valence-corrected chi connectivity index (χ1v) is 5.59. The number of hydrogen-bond acceptors (Lipinski definition) is 2. The van der Waals surface area contributed by atoms with E-state index in [1.807, 2.05) is 12.1 Å². The molecule has 0 aromatic heterocycles. The van der Waals surface area contributed by atoms with Crippen LogP contribution in [-0.2, 0) is 5.41 Å². The second kappa shape index (κ2) is 3.86. The summed E-state index contributed by atoms with van der Waals surface area (Å²) < 4.78 is 0. The first-order valence-electron chi connectivity index (χ1n) is 5.59. The average Bonchev–Trinajstić information content (AvgIpc) is 2.23. The van der Waals surface area contributed by atoms with E-state index in [0.29, 0.717) is 5.75 Å². The van der Waals surface area contributed by atoms with Crippen LogP contribution in [0.15, 0.2) is 24.3 Å². The third-order valence-electron chi connectivity index (χ3n) is 3.64. The molecule has 1 aromatic carbocycles. The predicted octanol–water partition coefficient (Wildman–Crippen LogP) is 2.38. The molecule has 0 unspecified atom stereocenters. The van der Waals surface area contributed by atoms with Crippen molar-refractivity contribution >= 4 is 0 Å². The van der Waals surface area contributed by atoms with Crippen LogP contribution >= 0.6 is 0 Å². The molecule has 1 aromatic rings. The van der Waals surface area contributed by atoms with Gasteiger partial charge in [-0.25, -0.2) is 0 Å². The van der Waals surface area contributed by atoms with Gasteiger partial charge in [-0.1, -0.05) is 25.1 Å². The summed E-state index contributed by atoms with van der Waals surface area (Å²) in [5, 5.41) is 9.88. The molecule has 2 rings (SSSR count). The van der Waals surface area contributed by atoms with Gasteiger partial charge in [-0.05, 0) is 50.0 Å². The molecule has 2 nitrogen and oxygen atoms in total. The molecule has 0 atom stereocenters. The second-order valence-electron chi connectivity index (χ2n) is 4.88. The molecule has 0 amide bonds. The van der Waals surface area contributed by atoms with E-state index < -0.39 is 0 Å². The molecule has 82 valence electrons. The predicted molar refractivity (Wildman–Crippen MR) is 62.2 cm³/mol. The summed E-state index contributed by atoms with van der Waals surface area (Å²) >= 11 is 0. The molecular weight excluding hydrogens is 186 g/mol. The largest absolute Gasteiger partial charge is 0.508 e. The Kier molecular flexibility index (Phi) is 2.70. The SMILES string of the molecule is CN1CCC(C)(c2ccccc2O)CC1. The van der Waals surface area contributed by atoms with E-state index in [9.17, 15) is 5.11 Å². The monoisotopic (exact) mass is 205 g/mol. The van der Waals surface area contributed by atoms with Gasteiger partial charge in [0, 0.05) is 0 Å². The molecular formula is C13H19NO. The Hall–Kier alpha value is -1.02. The van der Waals surface area contributed by atoms with E-state index in [2.05, 4.69) is 24.9 Å².